The molecule has 0 bridgehead atoms. The predicted octanol–water partition coefficient (Wildman–Crippen LogP) is -3.10. The largest absolute Gasteiger partial charge is 1.00 e. The Labute approximate surface area is 144 Å². The normalized spacial score (nSPS) is 11.7. The Balaban J connectivity index is 0.00000400. The second kappa shape index (κ2) is 7.76. The van der Waals surface area contributed by atoms with Crippen LogP contribution >= 0.6 is 0 Å². The molecule has 0 radical (unpaired) electrons. The van der Waals surface area contributed by atoms with E-state index in [2.05, 4.69) is 4.99 Å². The number of rotatable bonds is 5. The van der Waals surface area contributed by atoms with Gasteiger partial charge in [0.05, 0.1) is 12.8 Å². The van der Waals surface area contributed by atoms with Crippen molar-refractivity contribution < 1.29 is 57.2 Å². The van der Waals surface area contributed by atoms with Crippen LogP contribution in [0.4, 0.5) is 11.4 Å². The third-order valence-electron chi connectivity index (χ3n) is 2.23. The first-order chi connectivity index (χ1) is 9.15. The SMILES string of the molecule is COc1cc(N)c(S(=O)(=O)O)cc1N=C([O-])CC(C)=O.[Na+]. The van der Waals surface area contributed by atoms with Crippen LogP contribution in [0.1, 0.15) is 13.3 Å². The number of anilines is 1. The summed E-state index contributed by atoms with van der Waals surface area (Å²) in [6.07, 6.45) is -0.422. The molecule has 0 spiro atoms. The Hall–Kier alpha value is -1.13. The molecule has 0 heterocycles. The maximum atomic E-state index is 11.5. The Bertz CT molecular complexity index is 672. The molecular formula is C11H13N2NaO6S. The third kappa shape index (κ3) is 5.64. The van der Waals surface area contributed by atoms with Gasteiger partial charge in [0, 0.05) is 12.5 Å². The monoisotopic (exact) mass is 324 g/mol. The molecule has 0 atom stereocenters. The first kappa shape index (κ1) is 19.9. The molecule has 0 aromatic heterocycles. The van der Waals surface area contributed by atoms with Gasteiger partial charge in [0.2, 0.25) is 0 Å². The fourth-order valence-corrected chi connectivity index (χ4v) is 2.04. The van der Waals surface area contributed by atoms with Crippen LogP contribution in [0.25, 0.3) is 0 Å². The van der Waals surface area contributed by atoms with Crippen molar-refractivity contribution in [2.45, 2.75) is 18.2 Å². The van der Waals surface area contributed by atoms with E-state index < -0.39 is 27.3 Å². The molecule has 1 rings (SSSR count). The van der Waals surface area contributed by atoms with Crippen LogP contribution < -0.4 is 45.1 Å². The van der Waals surface area contributed by atoms with Crippen molar-refractivity contribution in [3.05, 3.63) is 12.1 Å². The van der Waals surface area contributed by atoms with E-state index >= 15 is 0 Å². The van der Waals surface area contributed by atoms with Gasteiger partial charge in [-0.15, -0.1) is 0 Å². The van der Waals surface area contributed by atoms with E-state index in [0.717, 1.165) is 12.1 Å². The topological polar surface area (TPSA) is 142 Å². The van der Waals surface area contributed by atoms with Crippen molar-refractivity contribution in [2.75, 3.05) is 12.8 Å². The minimum absolute atomic E-state index is 0. The molecular weight excluding hydrogens is 311 g/mol. The van der Waals surface area contributed by atoms with E-state index in [1.165, 1.54) is 14.0 Å². The average molecular weight is 324 g/mol. The van der Waals surface area contributed by atoms with Gasteiger partial charge in [-0.2, -0.15) is 8.42 Å². The molecule has 0 aliphatic carbocycles. The van der Waals surface area contributed by atoms with Gasteiger partial charge in [0.1, 0.15) is 22.1 Å². The van der Waals surface area contributed by atoms with Gasteiger partial charge < -0.3 is 15.6 Å². The number of nitrogens with zero attached hydrogens (tertiary/aromatic N) is 1. The molecule has 8 nitrogen and oxygen atoms in total. The van der Waals surface area contributed by atoms with Gasteiger partial charge in [-0.1, -0.05) is 0 Å². The molecule has 1 aromatic rings. The van der Waals surface area contributed by atoms with Crippen LogP contribution in [0.5, 0.6) is 5.75 Å². The van der Waals surface area contributed by atoms with Crippen LogP contribution in [0, 0.1) is 0 Å². The maximum Gasteiger partial charge on any atom is 1.00 e. The minimum Gasteiger partial charge on any atom is -0.861 e. The van der Waals surface area contributed by atoms with Gasteiger partial charge in [0.15, 0.2) is 0 Å². The summed E-state index contributed by atoms with van der Waals surface area (Å²) in [7, 11) is -3.28. The second-order valence-electron chi connectivity index (χ2n) is 3.92. The standard InChI is InChI=1S/C11H14N2O6S.Na/c1-6(14)3-11(15)13-8-5-10(20(16,17)18)7(12)4-9(8)19-2;/h4-5H,3,12H2,1-2H3,(H,13,15)(H,16,17,18);/q;+1/p-1. The molecule has 0 aliphatic heterocycles. The Kier molecular flexibility index (Phi) is 7.34. The molecule has 3 N–H and O–H groups in total. The van der Waals surface area contributed by atoms with Crippen LogP contribution in [-0.2, 0) is 14.9 Å². The number of nitrogen functional groups attached to an aromatic ring is 1. The summed E-state index contributed by atoms with van der Waals surface area (Å²) in [5.74, 6) is -1.10. The third-order valence-corrected chi connectivity index (χ3v) is 3.14. The average Bonchev–Trinajstić information content (AvgIpc) is 2.28. The van der Waals surface area contributed by atoms with Crippen LogP contribution in [-0.4, -0.2) is 31.8 Å². The molecule has 110 valence electrons. The molecule has 0 saturated carbocycles. The quantitative estimate of drug-likeness (QED) is 0.192. The number of carbonyl (C=O) groups is 1. The smallest absolute Gasteiger partial charge is 0.861 e. The van der Waals surface area contributed by atoms with Crippen molar-refractivity contribution >= 4 is 33.2 Å². The second-order valence-corrected chi connectivity index (χ2v) is 5.31. The Morgan fingerprint density at radius 1 is 1.48 bits per heavy atom. The van der Waals surface area contributed by atoms with E-state index in [-0.39, 0.29) is 52.5 Å². The van der Waals surface area contributed by atoms with E-state index in [1.54, 1.807) is 0 Å². The number of hydrogen-bond donors (Lipinski definition) is 2. The summed E-state index contributed by atoms with van der Waals surface area (Å²) in [5.41, 5.74) is 5.08. The molecule has 0 amide bonds. The molecule has 10 heteroatoms. The van der Waals surface area contributed by atoms with Gasteiger partial charge in [-0.05, 0) is 18.9 Å². The van der Waals surface area contributed by atoms with Crippen molar-refractivity contribution in [3.8, 4) is 5.75 Å². The Morgan fingerprint density at radius 2 is 2.05 bits per heavy atom. The van der Waals surface area contributed by atoms with Crippen molar-refractivity contribution in [1.82, 2.24) is 0 Å². The number of hydrogen-bond acceptors (Lipinski definition) is 7. The van der Waals surface area contributed by atoms with E-state index in [9.17, 15) is 18.3 Å². The van der Waals surface area contributed by atoms with Gasteiger partial charge in [0.25, 0.3) is 10.1 Å². The summed E-state index contributed by atoms with van der Waals surface area (Å²) in [4.78, 5) is 13.8. The molecule has 0 fully saturated rings. The van der Waals surface area contributed by atoms with Crippen LogP contribution in [0.15, 0.2) is 22.0 Å². The van der Waals surface area contributed by atoms with E-state index in [4.69, 9.17) is 15.0 Å². The zero-order valence-corrected chi connectivity index (χ0v) is 14.6. The minimum atomic E-state index is -4.56. The fraction of sp³-hybridized carbons (Fsp3) is 0.273. The molecule has 1 aromatic carbocycles. The zero-order chi connectivity index (χ0) is 15.5. The Morgan fingerprint density at radius 3 is 2.48 bits per heavy atom. The van der Waals surface area contributed by atoms with E-state index in [0.29, 0.717) is 0 Å². The zero-order valence-electron chi connectivity index (χ0n) is 11.8. The number of methoxy groups -OCH3 is 1. The number of nitrogens with two attached hydrogens (primary N) is 1. The maximum absolute atomic E-state index is 11.5. The van der Waals surface area contributed by atoms with Crippen molar-refractivity contribution in [2.24, 2.45) is 4.99 Å². The number of ether oxygens (including phenoxy) is 1. The summed E-state index contributed by atoms with van der Waals surface area (Å²) < 4.78 is 36.2. The first-order valence-electron chi connectivity index (χ1n) is 5.34. The van der Waals surface area contributed by atoms with Gasteiger partial charge >= 0.3 is 29.6 Å². The molecule has 21 heavy (non-hydrogen) atoms. The van der Waals surface area contributed by atoms with Crippen LogP contribution in [0.3, 0.4) is 0 Å². The van der Waals surface area contributed by atoms with Crippen molar-refractivity contribution in [1.29, 1.82) is 0 Å². The first-order valence-corrected chi connectivity index (χ1v) is 6.78. The van der Waals surface area contributed by atoms with Crippen LogP contribution in [0.2, 0.25) is 0 Å². The molecule has 0 unspecified atom stereocenters. The summed E-state index contributed by atoms with van der Waals surface area (Å²) in [5, 5.41) is 11.5. The van der Waals surface area contributed by atoms with Gasteiger partial charge in [-0.3, -0.25) is 14.3 Å². The fourth-order valence-electron chi connectivity index (χ4n) is 1.43. The summed E-state index contributed by atoms with van der Waals surface area (Å²) in [6, 6.07) is 2.02. The summed E-state index contributed by atoms with van der Waals surface area (Å²) in [6.45, 7) is 1.22. The van der Waals surface area contributed by atoms with E-state index in [1.807, 2.05) is 0 Å². The number of carbonyl (C=O) groups excluding carboxylic acids is 1. The molecule has 0 aliphatic rings. The predicted molar refractivity (Wildman–Crippen MR) is 69.6 cm³/mol. The number of benzene rings is 1. The van der Waals surface area contributed by atoms with Crippen molar-refractivity contribution in [3.63, 3.8) is 0 Å². The number of ketones is 1. The number of Topliss-reactive ketones (excluding diaryl/α,β-unsaturated/α-hetero) is 1. The summed E-state index contributed by atoms with van der Waals surface area (Å²) >= 11 is 0. The number of aliphatic imine (C=N–C) groups is 1. The molecule has 0 saturated heterocycles. The van der Waals surface area contributed by atoms with Gasteiger partial charge in [-0.25, -0.2) is 0 Å².